The standard InChI is InChI=1S/C12H17FN2/c1-9(2)15-6-5-10(8-15)12-4-3-11(13)7-14-12/h3-4,7,9-10H,5-6,8H2,1-2H3. The second-order valence-corrected chi connectivity index (χ2v) is 4.48. The van der Waals surface area contributed by atoms with Crippen LogP contribution in [-0.2, 0) is 0 Å². The largest absolute Gasteiger partial charge is 0.300 e. The summed E-state index contributed by atoms with van der Waals surface area (Å²) in [6.07, 6.45) is 2.45. The normalized spacial score (nSPS) is 22.5. The summed E-state index contributed by atoms with van der Waals surface area (Å²) in [4.78, 5) is 6.59. The fourth-order valence-corrected chi connectivity index (χ4v) is 2.13. The lowest BCUT2D eigenvalue weighted by molar-refractivity contribution is 0.272. The lowest BCUT2D eigenvalue weighted by atomic mass is 10.0. The summed E-state index contributed by atoms with van der Waals surface area (Å²) in [5.41, 5.74) is 1.03. The minimum atomic E-state index is -0.252. The van der Waals surface area contributed by atoms with Gasteiger partial charge in [-0.05, 0) is 38.9 Å². The van der Waals surface area contributed by atoms with Gasteiger partial charge in [-0.15, -0.1) is 0 Å². The fourth-order valence-electron chi connectivity index (χ4n) is 2.13. The number of hydrogen-bond donors (Lipinski definition) is 0. The Balaban J connectivity index is 2.04. The van der Waals surface area contributed by atoms with Gasteiger partial charge in [0.1, 0.15) is 5.82 Å². The van der Waals surface area contributed by atoms with E-state index in [-0.39, 0.29) is 5.82 Å². The SMILES string of the molecule is CC(C)N1CCC(c2ccc(F)cn2)C1. The molecule has 0 radical (unpaired) electrons. The second kappa shape index (κ2) is 4.27. The average molecular weight is 208 g/mol. The van der Waals surface area contributed by atoms with Crippen LogP contribution in [0.15, 0.2) is 18.3 Å². The Labute approximate surface area is 90.1 Å². The summed E-state index contributed by atoms with van der Waals surface area (Å²) in [7, 11) is 0. The molecule has 1 aliphatic heterocycles. The molecule has 2 rings (SSSR count). The molecule has 2 nitrogen and oxygen atoms in total. The predicted molar refractivity (Wildman–Crippen MR) is 58.3 cm³/mol. The third-order valence-electron chi connectivity index (χ3n) is 3.12. The molecule has 0 aliphatic carbocycles. The Morgan fingerprint density at radius 1 is 1.47 bits per heavy atom. The van der Waals surface area contributed by atoms with E-state index in [1.165, 1.54) is 12.3 Å². The van der Waals surface area contributed by atoms with Crippen molar-refractivity contribution in [1.82, 2.24) is 9.88 Å². The summed E-state index contributed by atoms with van der Waals surface area (Å²) in [5.74, 6) is 0.227. The maximum absolute atomic E-state index is 12.7. The number of aromatic nitrogens is 1. The Morgan fingerprint density at radius 2 is 2.27 bits per heavy atom. The molecule has 1 fully saturated rings. The molecule has 1 unspecified atom stereocenters. The number of nitrogens with zero attached hydrogens (tertiary/aromatic N) is 2. The summed E-state index contributed by atoms with van der Waals surface area (Å²) in [6.45, 7) is 6.60. The van der Waals surface area contributed by atoms with Gasteiger partial charge >= 0.3 is 0 Å². The first kappa shape index (κ1) is 10.6. The highest BCUT2D eigenvalue weighted by Gasteiger charge is 2.25. The zero-order chi connectivity index (χ0) is 10.8. The molecule has 0 amide bonds. The highest BCUT2D eigenvalue weighted by molar-refractivity contribution is 5.12. The third-order valence-corrected chi connectivity index (χ3v) is 3.12. The molecule has 0 aromatic carbocycles. The molecular formula is C12H17FN2. The molecule has 2 heterocycles. The number of pyridine rings is 1. The molecule has 1 aromatic heterocycles. The van der Waals surface area contributed by atoms with Crippen molar-refractivity contribution in [3.8, 4) is 0 Å². The number of rotatable bonds is 2. The lowest BCUT2D eigenvalue weighted by Crippen LogP contribution is -2.27. The van der Waals surface area contributed by atoms with Crippen LogP contribution in [0.1, 0.15) is 31.9 Å². The molecular weight excluding hydrogens is 191 g/mol. The first-order valence-corrected chi connectivity index (χ1v) is 5.52. The molecule has 1 saturated heterocycles. The Bertz CT molecular complexity index is 321. The van der Waals surface area contributed by atoms with Crippen molar-refractivity contribution in [2.75, 3.05) is 13.1 Å². The van der Waals surface area contributed by atoms with E-state index >= 15 is 0 Å². The Morgan fingerprint density at radius 3 is 2.80 bits per heavy atom. The van der Waals surface area contributed by atoms with Crippen LogP contribution in [0, 0.1) is 5.82 Å². The van der Waals surface area contributed by atoms with Crippen LogP contribution in [0.25, 0.3) is 0 Å². The van der Waals surface area contributed by atoms with Crippen molar-refractivity contribution < 1.29 is 4.39 Å². The van der Waals surface area contributed by atoms with Gasteiger partial charge in [-0.1, -0.05) is 0 Å². The van der Waals surface area contributed by atoms with Crippen LogP contribution in [-0.4, -0.2) is 29.0 Å². The first-order valence-electron chi connectivity index (χ1n) is 5.52. The minimum absolute atomic E-state index is 0.252. The van der Waals surface area contributed by atoms with E-state index in [4.69, 9.17) is 0 Å². The molecule has 3 heteroatoms. The highest BCUT2D eigenvalue weighted by atomic mass is 19.1. The third kappa shape index (κ3) is 2.34. The minimum Gasteiger partial charge on any atom is -0.300 e. The average Bonchev–Trinajstić information content (AvgIpc) is 2.68. The Kier molecular flexibility index (Phi) is 3.00. The first-order chi connectivity index (χ1) is 7.16. The molecule has 1 aliphatic rings. The van der Waals surface area contributed by atoms with Crippen LogP contribution in [0.3, 0.4) is 0 Å². The van der Waals surface area contributed by atoms with Crippen molar-refractivity contribution >= 4 is 0 Å². The summed E-state index contributed by atoms with van der Waals surface area (Å²) >= 11 is 0. The van der Waals surface area contributed by atoms with Crippen LogP contribution in [0.4, 0.5) is 4.39 Å². The van der Waals surface area contributed by atoms with Crippen LogP contribution in [0.2, 0.25) is 0 Å². The van der Waals surface area contributed by atoms with Crippen LogP contribution < -0.4 is 0 Å². The van der Waals surface area contributed by atoms with Gasteiger partial charge in [0, 0.05) is 24.2 Å². The van der Waals surface area contributed by atoms with Gasteiger partial charge in [0.2, 0.25) is 0 Å². The number of hydrogen-bond acceptors (Lipinski definition) is 2. The van der Waals surface area contributed by atoms with Crippen LogP contribution >= 0.6 is 0 Å². The zero-order valence-electron chi connectivity index (χ0n) is 9.28. The summed E-state index contributed by atoms with van der Waals surface area (Å²) in [6, 6.07) is 3.90. The van der Waals surface area contributed by atoms with Gasteiger partial charge in [-0.3, -0.25) is 4.98 Å². The van der Waals surface area contributed by atoms with Gasteiger partial charge in [0.15, 0.2) is 0 Å². The van der Waals surface area contributed by atoms with E-state index in [9.17, 15) is 4.39 Å². The van der Waals surface area contributed by atoms with E-state index < -0.39 is 0 Å². The van der Waals surface area contributed by atoms with Gasteiger partial charge in [0.25, 0.3) is 0 Å². The molecule has 0 spiro atoms. The number of likely N-dealkylation sites (tertiary alicyclic amines) is 1. The molecule has 15 heavy (non-hydrogen) atoms. The van der Waals surface area contributed by atoms with Crippen molar-refractivity contribution in [1.29, 1.82) is 0 Å². The quantitative estimate of drug-likeness (QED) is 0.742. The zero-order valence-corrected chi connectivity index (χ0v) is 9.28. The van der Waals surface area contributed by atoms with Gasteiger partial charge in [-0.25, -0.2) is 4.39 Å². The number of halogens is 1. The van der Waals surface area contributed by atoms with Gasteiger partial charge in [-0.2, -0.15) is 0 Å². The topological polar surface area (TPSA) is 16.1 Å². The summed E-state index contributed by atoms with van der Waals surface area (Å²) < 4.78 is 12.7. The van der Waals surface area contributed by atoms with Crippen molar-refractivity contribution in [3.63, 3.8) is 0 Å². The van der Waals surface area contributed by atoms with E-state index in [2.05, 4.69) is 23.7 Å². The smallest absolute Gasteiger partial charge is 0.141 e. The second-order valence-electron chi connectivity index (χ2n) is 4.48. The van der Waals surface area contributed by atoms with Gasteiger partial charge in [0.05, 0.1) is 6.20 Å². The maximum Gasteiger partial charge on any atom is 0.141 e. The van der Waals surface area contributed by atoms with Crippen molar-refractivity contribution in [2.45, 2.75) is 32.2 Å². The van der Waals surface area contributed by atoms with Crippen molar-refractivity contribution in [2.24, 2.45) is 0 Å². The molecule has 1 aromatic rings. The predicted octanol–water partition coefficient (Wildman–Crippen LogP) is 2.42. The summed E-state index contributed by atoms with van der Waals surface area (Å²) in [5, 5.41) is 0. The molecule has 0 N–H and O–H groups in total. The van der Waals surface area contributed by atoms with E-state index in [0.717, 1.165) is 25.2 Å². The van der Waals surface area contributed by atoms with Crippen LogP contribution in [0.5, 0.6) is 0 Å². The molecule has 82 valence electrons. The van der Waals surface area contributed by atoms with E-state index in [1.54, 1.807) is 0 Å². The fraction of sp³-hybridized carbons (Fsp3) is 0.583. The Hall–Kier alpha value is -0.960. The maximum atomic E-state index is 12.7. The lowest BCUT2D eigenvalue weighted by Gasteiger charge is -2.19. The molecule has 0 bridgehead atoms. The van der Waals surface area contributed by atoms with Gasteiger partial charge < -0.3 is 4.90 Å². The van der Waals surface area contributed by atoms with E-state index in [0.29, 0.717) is 12.0 Å². The highest BCUT2D eigenvalue weighted by Crippen LogP contribution is 2.26. The molecule has 1 atom stereocenters. The van der Waals surface area contributed by atoms with E-state index in [1.807, 2.05) is 6.07 Å². The van der Waals surface area contributed by atoms with Crippen molar-refractivity contribution in [3.05, 3.63) is 29.8 Å². The monoisotopic (exact) mass is 208 g/mol. The molecule has 0 saturated carbocycles.